The smallest absolute Gasteiger partial charge is 0.154 e. The summed E-state index contributed by atoms with van der Waals surface area (Å²) in [6.07, 6.45) is 2.28. The molecule has 5 unspecified atom stereocenters. The number of nitrogens with two attached hydrogens (primary N) is 1. The second-order valence-electron chi connectivity index (χ2n) is 6.97. The topological polar surface area (TPSA) is 47.6 Å². The van der Waals surface area contributed by atoms with Gasteiger partial charge in [0.15, 0.2) is 5.17 Å². The van der Waals surface area contributed by atoms with Gasteiger partial charge in [-0.05, 0) is 30.7 Å². The Hall–Kier alpha value is -1.14. The van der Waals surface area contributed by atoms with Crippen LogP contribution in [-0.2, 0) is 10.3 Å². The standard InChI is InChI=1S/C17H20F2N2OS/c1-9-4-12(9)15-5-10-7-23-16(20)21-17(10,8-22-15)13-3-2-11(18)6-14(13)19/h2-3,6,9-10,12,15H,4-5,7-8H2,1H3,(H2,20,21). The number of halogens is 2. The summed E-state index contributed by atoms with van der Waals surface area (Å²) in [5.41, 5.74) is 5.51. The lowest BCUT2D eigenvalue weighted by Gasteiger charge is -2.46. The summed E-state index contributed by atoms with van der Waals surface area (Å²) in [5.74, 6) is 1.13. The normalized spacial score (nSPS) is 39.5. The third kappa shape index (κ3) is 2.56. The summed E-state index contributed by atoms with van der Waals surface area (Å²) < 4.78 is 33.8. The maximum Gasteiger partial charge on any atom is 0.154 e. The maximum absolute atomic E-state index is 14.4. The predicted octanol–water partition coefficient (Wildman–Crippen LogP) is 3.28. The van der Waals surface area contributed by atoms with Crippen LogP contribution in [0.25, 0.3) is 0 Å². The van der Waals surface area contributed by atoms with Crippen molar-refractivity contribution in [3.05, 3.63) is 35.4 Å². The molecule has 0 radical (unpaired) electrons. The second kappa shape index (κ2) is 5.45. The molecule has 6 heteroatoms. The van der Waals surface area contributed by atoms with Crippen LogP contribution in [0.1, 0.15) is 25.3 Å². The van der Waals surface area contributed by atoms with Gasteiger partial charge in [0.05, 0.1) is 12.7 Å². The Morgan fingerprint density at radius 2 is 2.13 bits per heavy atom. The minimum absolute atomic E-state index is 0.159. The van der Waals surface area contributed by atoms with E-state index in [9.17, 15) is 8.78 Å². The molecule has 2 aliphatic heterocycles. The Kier molecular flexibility index (Phi) is 3.65. The van der Waals surface area contributed by atoms with Crippen LogP contribution in [0.3, 0.4) is 0 Å². The molecule has 0 bridgehead atoms. The molecule has 2 heterocycles. The van der Waals surface area contributed by atoms with Gasteiger partial charge in [0.1, 0.15) is 17.2 Å². The number of fused-ring (bicyclic) bond motifs is 1. The first-order chi connectivity index (χ1) is 11.0. The fourth-order valence-corrected chi connectivity index (χ4v) is 5.02. The molecule has 1 aromatic carbocycles. The van der Waals surface area contributed by atoms with E-state index in [0.717, 1.165) is 18.2 Å². The summed E-state index contributed by atoms with van der Waals surface area (Å²) in [6, 6.07) is 3.70. The highest BCUT2D eigenvalue weighted by Gasteiger charge is 2.53. The molecule has 124 valence electrons. The highest BCUT2D eigenvalue weighted by Crippen LogP contribution is 2.52. The molecule has 1 saturated carbocycles. The minimum atomic E-state index is -0.818. The molecule has 1 aromatic rings. The van der Waals surface area contributed by atoms with E-state index >= 15 is 0 Å². The molecule has 0 amide bonds. The van der Waals surface area contributed by atoms with Crippen molar-refractivity contribution >= 4 is 16.9 Å². The number of nitrogens with zero attached hydrogens (tertiary/aromatic N) is 1. The van der Waals surface area contributed by atoms with Gasteiger partial charge >= 0.3 is 0 Å². The van der Waals surface area contributed by atoms with E-state index in [1.165, 1.54) is 30.3 Å². The highest BCUT2D eigenvalue weighted by atomic mass is 32.2. The summed E-state index contributed by atoms with van der Waals surface area (Å²) in [5, 5.41) is 0.451. The van der Waals surface area contributed by atoms with Crippen LogP contribution in [0.5, 0.6) is 0 Å². The van der Waals surface area contributed by atoms with Crippen LogP contribution in [-0.4, -0.2) is 23.6 Å². The number of thioether (sulfide) groups is 1. The Labute approximate surface area is 138 Å². The third-order valence-corrected chi connectivity index (χ3v) is 6.45. The average molecular weight is 338 g/mol. The number of rotatable bonds is 2. The maximum atomic E-state index is 14.4. The van der Waals surface area contributed by atoms with E-state index in [0.29, 0.717) is 29.2 Å². The van der Waals surface area contributed by atoms with Crippen LogP contribution < -0.4 is 5.73 Å². The number of hydrogen-bond donors (Lipinski definition) is 1. The van der Waals surface area contributed by atoms with E-state index in [1.54, 1.807) is 0 Å². The van der Waals surface area contributed by atoms with Crippen molar-refractivity contribution in [1.82, 2.24) is 0 Å². The Bertz CT molecular complexity index is 668. The predicted molar refractivity (Wildman–Crippen MR) is 87.2 cm³/mol. The molecule has 5 atom stereocenters. The summed E-state index contributed by atoms with van der Waals surface area (Å²) in [7, 11) is 0. The van der Waals surface area contributed by atoms with Gasteiger partial charge in [0.25, 0.3) is 0 Å². The van der Waals surface area contributed by atoms with Gasteiger partial charge in [-0.15, -0.1) is 0 Å². The quantitative estimate of drug-likeness (QED) is 0.900. The number of hydrogen-bond acceptors (Lipinski definition) is 4. The lowest BCUT2D eigenvalue weighted by Crippen LogP contribution is -2.51. The van der Waals surface area contributed by atoms with Gasteiger partial charge in [0, 0.05) is 23.3 Å². The molecule has 2 fully saturated rings. The number of amidine groups is 1. The molecule has 3 nitrogen and oxygen atoms in total. The van der Waals surface area contributed by atoms with E-state index in [-0.39, 0.29) is 12.0 Å². The first kappa shape index (κ1) is 15.4. The highest BCUT2D eigenvalue weighted by molar-refractivity contribution is 8.13. The summed E-state index contributed by atoms with van der Waals surface area (Å²) in [4.78, 5) is 4.60. The molecular weight excluding hydrogens is 318 g/mol. The summed E-state index contributed by atoms with van der Waals surface area (Å²) in [6.45, 7) is 2.55. The van der Waals surface area contributed by atoms with Crippen LogP contribution in [0.15, 0.2) is 23.2 Å². The Morgan fingerprint density at radius 1 is 1.35 bits per heavy atom. The van der Waals surface area contributed by atoms with Gasteiger partial charge in [0.2, 0.25) is 0 Å². The van der Waals surface area contributed by atoms with Gasteiger partial charge in [-0.3, -0.25) is 0 Å². The molecular formula is C17H20F2N2OS. The molecule has 1 aliphatic carbocycles. The fourth-order valence-electron chi connectivity index (χ4n) is 4.01. The lowest BCUT2D eigenvalue weighted by atomic mass is 9.74. The molecule has 1 saturated heterocycles. The number of ether oxygens (including phenoxy) is 1. The van der Waals surface area contributed by atoms with Crippen LogP contribution in [0.4, 0.5) is 8.78 Å². The van der Waals surface area contributed by atoms with Crippen molar-refractivity contribution in [2.24, 2.45) is 28.5 Å². The molecule has 4 rings (SSSR count). The third-order valence-electron chi connectivity index (χ3n) is 5.50. The van der Waals surface area contributed by atoms with Crippen LogP contribution in [0.2, 0.25) is 0 Å². The SMILES string of the molecule is CC1CC1C1CC2CSC(N)=NC2(c2ccc(F)cc2F)CO1. The van der Waals surface area contributed by atoms with Crippen molar-refractivity contribution in [1.29, 1.82) is 0 Å². The number of benzene rings is 1. The molecule has 23 heavy (non-hydrogen) atoms. The van der Waals surface area contributed by atoms with Gasteiger partial charge < -0.3 is 10.5 Å². The summed E-state index contributed by atoms with van der Waals surface area (Å²) >= 11 is 1.52. The van der Waals surface area contributed by atoms with Crippen LogP contribution >= 0.6 is 11.8 Å². The second-order valence-corrected chi connectivity index (χ2v) is 8.01. The fraction of sp³-hybridized carbons (Fsp3) is 0.588. The van der Waals surface area contributed by atoms with Gasteiger partial charge in [-0.2, -0.15) is 0 Å². The zero-order valence-corrected chi connectivity index (χ0v) is 13.8. The van der Waals surface area contributed by atoms with E-state index in [1.807, 2.05) is 0 Å². The molecule has 0 aromatic heterocycles. The minimum Gasteiger partial charge on any atom is -0.379 e. The van der Waals surface area contributed by atoms with Crippen molar-refractivity contribution in [3.63, 3.8) is 0 Å². The Morgan fingerprint density at radius 3 is 2.83 bits per heavy atom. The average Bonchev–Trinajstić information content (AvgIpc) is 3.23. The molecule has 2 N–H and O–H groups in total. The molecule has 0 spiro atoms. The molecule has 3 aliphatic rings. The lowest BCUT2D eigenvalue weighted by molar-refractivity contribution is -0.0682. The van der Waals surface area contributed by atoms with E-state index in [4.69, 9.17) is 10.5 Å². The Balaban J connectivity index is 1.71. The van der Waals surface area contributed by atoms with Crippen LogP contribution in [0, 0.1) is 29.4 Å². The largest absolute Gasteiger partial charge is 0.379 e. The zero-order valence-electron chi connectivity index (χ0n) is 13.0. The van der Waals surface area contributed by atoms with Crippen molar-refractivity contribution in [2.75, 3.05) is 12.4 Å². The monoisotopic (exact) mass is 338 g/mol. The van der Waals surface area contributed by atoms with Gasteiger partial charge in [-0.1, -0.05) is 24.8 Å². The number of aliphatic imine (C=N–C) groups is 1. The van der Waals surface area contributed by atoms with Gasteiger partial charge in [-0.25, -0.2) is 13.8 Å². The van der Waals surface area contributed by atoms with Crippen molar-refractivity contribution in [3.8, 4) is 0 Å². The first-order valence-electron chi connectivity index (χ1n) is 8.05. The first-order valence-corrected chi connectivity index (χ1v) is 9.03. The van der Waals surface area contributed by atoms with Crippen molar-refractivity contribution in [2.45, 2.75) is 31.4 Å². The zero-order chi connectivity index (χ0) is 16.2. The van der Waals surface area contributed by atoms with E-state index in [2.05, 4.69) is 11.9 Å². The van der Waals surface area contributed by atoms with Crippen molar-refractivity contribution < 1.29 is 13.5 Å². The van der Waals surface area contributed by atoms with E-state index < -0.39 is 17.2 Å².